The van der Waals surface area contributed by atoms with Crippen LogP contribution in [0.1, 0.15) is 38.2 Å². The predicted molar refractivity (Wildman–Crippen MR) is 140 cm³/mol. The number of carboxylic acid groups (broad SMARTS) is 2. The van der Waals surface area contributed by atoms with Crippen molar-refractivity contribution < 1.29 is 39.3 Å². The van der Waals surface area contributed by atoms with E-state index < -0.39 is 59.9 Å². The lowest BCUT2D eigenvalue weighted by molar-refractivity contribution is -0.142. The maximum atomic E-state index is 13.1. The van der Waals surface area contributed by atoms with Gasteiger partial charge in [0.2, 0.25) is 17.7 Å². The van der Waals surface area contributed by atoms with Crippen LogP contribution in [0.4, 0.5) is 0 Å². The Morgan fingerprint density at radius 2 is 1.51 bits per heavy atom. The first-order valence-electron chi connectivity index (χ1n) is 12.2. The molecule has 0 radical (unpaired) electrons. The summed E-state index contributed by atoms with van der Waals surface area (Å²) in [6.45, 7) is 1.38. The normalized spacial score (nSPS) is 14.5. The van der Waals surface area contributed by atoms with Crippen LogP contribution in [0.2, 0.25) is 0 Å². The third-order valence-corrected chi connectivity index (χ3v) is 5.54. The molecule has 0 aliphatic carbocycles. The van der Waals surface area contributed by atoms with Crippen LogP contribution in [0.15, 0.2) is 35.3 Å². The zero-order valence-electron chi connectivity index (χ0n) is 21.6. The van der Waals surface area contributed by atoms with Gasteiger partial charge in [0.25, 0.3) is 0 Å². The lowest BCUT2D eigenvalue weighted by Crippen LogP contribution is -2.60. The van der Waals surface area contributed by atoms with Crippen LogP contribution in [-0.2, 0) is 30.4 Å². The molecule has 1 aromatic rings. The second kappa shape index (κ2) is 16.6. The summed E-state index contributed by atoms with van der Waals surface area (Å²) in [5.74, 6) is -5.22. The van der Waals surface area contributed by atoms with Crippen molar-refractivity contribution in [2.75, 3.05) is 6.54 Å². The van der Waals surface area contributed by atoms with Gasteiger partial charge in [-0.3, -0.25) is 24.2 Å². The van der Waals surface area contributed by atoms with Gasteiger partial charge in [-0.15, -0.1) is 0 Å². The van der Waals surface area contributed by atoms with E-state index in [4.69, 9.17) is 22.3 Å². The van der Waals surface area contributed by atoms with Gasteiger partial charge in [0, 0.05) is 19.4 Å². The molecule has 0 unspecified atom stereocenters. The van der Waals surface area contributed by atoms with Gasteiger partial charge in [-0.2, -0.15) is 0 Å². The van der Waals surface area contributed by atoms with E-state index in [-0.39, 0.29) is 44.6 Å². The molecule has 1 rings (SSSR count). The smallest absolute Gasteiger partial charge is 0.326 e. The molecule has 0 bridgehead atoms. The van der Waals surface area contributed by atoms with E-state index in [1.54, 1.807) is 30.3 Å². The van der Waals surface area contributed by atoms with E-state index in [0.29, 0.717) is 5.56 Å². The van der Waals surface area contributed by atoms with Crippen molar-refractivity contribution in [3.05, 3.63) is 35.9 Å². The Morgan fingerprint density at radius 3 is 2.05 bits per heavy atom. The monoisotopic (exact) mass is 551 g/mol. The fourth-order valence-corrected chi connectivity index (χ4v) is 3.43. The highest BCUT2D eigenvalue weighted by molar-refractivity contribution is 5.94. The highest BCUT2D eigenvalue weighted by atomic mass is 16.4. The molecule has 39 heavy (non-hydrogen) atoms. The number of carbonyl (C=O) groups excluding carboxylic acids is 3. The van der Waals surface area contributed by atoms with Crippen LogP contribution in [0.3, 0.4) is 0 Å². The van der Waals surface area contributed by atoms with E-state index in [1.807, 2.05) is 0 Å². The van der Waals surface area contributed by atoms with Crippen molar-refractivity contribution in [1.82, 2.24) is 16.0 Å². The molecule has 15 nitrogen and oxygen atoms in total. The number of aliphatic carboxylic acids is 2. The summed E-state index contributed by atoms with van der Waals surface area (Å²) in [5.41, 5.74) is 16.8. The fourth-order valence-electron chi connectivity index (χ4n) is 3.43. The Balaban J connectivity index is 3.04. The SMILES string of the molecule is C[C@@H](O)[C@H](NC(=O)[C@@H](N)CCC(=O)O)C(=O)N[C@@H](Cc1ccccc1)C(=O)N[C@@H](CCCN=C(N)N)C(=O)O. The van der Waals surface area contributed by atoms with Gasteiger partial charge < -0.3 is 48.5 Å². The van der Waals surface area contributed by atoms with Crippen LogP contribution in [-0.4, -0.2) is 87.8 Å². The number of benzene rings is 1. The van der Waals surface area contributed by atoms with Crippen molar-refractivity contribution >= 4 is 35.6 Å². The average molecular weight is 552 g/mol. The first-order chi connectivity index (χ1) is 18.3. The summed E-state index contributed by atoms with van der Waals surface area (Å²) >= 11 is 0. The first kappa shape index (κ1) is 32.8. The minimum Gasteiger partial charge on any atom is -0.481 e. The molecule has 0 aliphatic rings. The van der Waals surface area contributed by atoms with Gasteiger partial charge in [-0.25, -0.2) is 4.79 Å². The largest absolute Gasteiger partial charge is 0.481 e. The van der Waals surface area contributed by atoms with Gasteiger partial charge in [-0.1, -0.05) is 30.3 Å². The third-order valence-electron chi connectivity index (χ3n) is 5.54. The number of aliphatic hydroxyl groups is 1. The third kappa shape index (κ3) is 12.7. The average Bonchev–Trinajstić information content (AvgIpc) is 2.86. The minimum absolute atomic E-state index is 0.00441. The molecule has 3 amide bonds. The number of hydrogen-bond donors (Lipinski definition) is 9. The Kier molecular flexibility index (Phi) is 13.9. The standard InChI is InChI=1S/C24H37N7O8/c1-13(32)19(31-20(35)15(25)9-10-18(33)34)22(37)30-17(12-14-6-3-2-4-7-14)21(36)29-16(23(38)39)8-5-11-28-24(26)27/h2-4,6-7,13,15-17,19,32H,5,8-12,25H2,1H3,(H,29,36)(H,30,37)(H,31,35)(H,33,34)(H,38,39)(H4,26,27,28)/t13-,15+,16+,17+,19+/m1/s1. The lowest BCUT2D eigenvalue weighted by atomic mass is 10.0. The molecule has 0 spiro atoms. The number of hydrogen-bond acceptors (Lipinski definition) is 8. The molecule has 0 fully saturated rings. The molecule has 0 saturated heterocycles. The van der Waals surface area contributed by atoms with Gasteiger partial charge in [0.15, 0.2) is 5.96 Å². The molecule has 12 N–H and O–H groups in total. The van der Waals surface area contributed by atoms with Crippen LogP contribution < -0.4 is 33.2 Å². The van der Waals surface area contributed by atoms with E-state index in [1.165, 1.54) is 6.92 Å². The maximum Gasteiger partial charge on any atom is 0.326 e. The van der Waals surface area contributed by atoms with E-state index >= 15 is 0 Å². The predicted octanol–water partition coefficient (Wildman–Crippen LogP) is -2.61. The summed E-state index contributed by atoms with van der Waals surface area (Å²) in [7, 11) is 0. The van der Waals surface area contributed by atoms with Crippen molar-refractivity contribution in [3.63, 3.8) is 0 Å². The van der Waals surface area contributed by atoms with Crippen LogP contribution in [0, 0.1) is 0 Å². The molecular formula is C24H37N7O8. The van der Waals surface area contributed by atoms with Crippen molar-refractivity contribution in [2.24, 2.45) is 22.2 Å². The maximum absolute atomic E-state index is 13.1. The lowest BCUT2D eigenvalue weighted by Gasteiger charge is -2.26. The zero-order chi connectivity index (χ0) is 29.5. The summed E-state index contributed by atoms with van der Waals surface area (Å²) in [5, 5.41) is 35.6. The van der Waals surface area contributed by atoms with E-state index in [2.05, 4.69) is 20.9 Å². The zero-order valence-corrected chi connectivity index (χ0v) is 21.6. The van der Waals surface area contributed by atoms with E-state index in [0.717, 1.165) is 0 Å². The van der Waals surface area contributed by atoms with Crippen molar-refractivity contribution in [2.45, 2.75) is 69.3 Å². The summed E-state index contributed by atoms with van der Waals surface area (Å²) < 4.78 is 0. The van der Waals surface area contributed by atoms with Gasteiger partial charge in [0.1, 0.15) is 18.1 Å². The Hall–Kier alpha value is -4.24. The Labute approximate surface area is 225 Å². The molecule has 216 valence electrons. The van der Waals surface area contributed by atoms with Crippen LogP contribution >= 0.6 is 0 Å². The number of amides is 3. The molecule has 15 heteroatoms. The fraction of sp³-hybridized carbons (Fsp3) is 0.500. The second-order valence-electron chi connectivity index (χ2n) is 8.86. The number of aliphatic imine (C=N–C) groups is 1. The highest BCUT2D eigenvalue weighted by Crippen LogP contribution is 2.07. The minimum atomic E-state index is -1.53. The van der Waals surface area contributed by atoms with Crippen LogP contribution in [0.25, 0.3) is 0 Å². The molecule has 0 heterocycles. The van der Waals surface area contributed by atoms with Crippen molar-refractivity contribution in [1.29, 1.82) is 0 Å². The first-order valence-corrected chi connectivity index (χ1v) is 12.2. The van der Waals surface area contributed by atoms with Gasteiger partial charge in [-0.05, 0) is 31.7 Å². The summed E-state index contributed by atoms with van der Waals surface area (Å²) in [6.07, 6.45) is -1.77. The van der Waals surface area contributed by atoms with Gasteiger partial charge in [0.05, 0.1) is 12.1 Å². The number of aliphatic hydroxyl groups excluding tert-OH is 1. The number of nitrogens with two attached hydrogens (primary N) is 3. The number of carbonyl (C=O) groups is 5. The Morgan fingerprint density at radius 1 is 0.897 bits per heavy atom. The molecule has 0 aromatic heterocycles. The Bertz CT molecular complexity index is 1010. The topological polar surface area (TPSA) is 273 Å². The molecule has 5 atom stereocenters. The molecule has 0 saturated carbocycles. The second-order valence-corrected chi connectivity index (χ2v) is 8.86. The van der Waals surface area contributed by atoms with E-state index in [9.17, 15) is 34.2 Å². The summed E-state index contributed by atoms with van der Waals surface area (Å²) in [6, 6.07) is 3.21. The molecule has 0 aliphatic heterocycles. The number of rotatable bonds is 17. The summed E-state index contributed by atoms with van der Waals surface area (Å²) in [4.78, 5) is 64.8. The van der Waals surface area contributed by atoms with Crippen LogP contribution in [0.5, 0.6) is 0 Å². The number of nitrogens with one attached hydrogen (secondary N) is 3. The quantitative estimate of drug-likeness (QED) is 0.0549. The number of nitrogens with zero attached hydrogens (tertiary/aromatic N) is 1. The number of guanidine groups is 1. The molecular weight excluding hydrogens is 514 g/mol. The van der Waals surface area contributed by atoms with Crippen molar-refractivity contribution in [3.8, 4) is 0 Å². The van der Waals surface area contributed by atoms with Gasteiger partial charge >= 0.3 is 11.9 Å². The number of carboxylic acids is 2. The highest BCUT2D eigenvalue weighted by Gasteiger charge is 2.32. The molecule has 1 aromatic carbocycles.